The number of hydrogen-bond donors (Lipinski definition) is 1. The Morgan fingerprint density at radius 2 is 2.24 bits per heavy atom. The first kappa shape index (κ1) is 14.1. The maximum atomic E-state index is 5.71. The summed E-state index contributed by atoms with van der Waals surface area (Å²) in [6.45, 7) is 5.57. The van der Waals surface area contributed by atoms with Crippen molar-refractivity contribution in [3.05, 3.63) is 41.5 Å². The van der Waals surface area contributed by atoms with Gasteiger partial charge in [0.15, 0.2) is 0 Å². The smallest absolute Gasteiger partial charge is 0.236 e. The van der Waals surface area contributed by atoms with Crippen LogP contribution < -0.4 is 5.32 Å². The molecule has 0 bridgehead atoms. The molecule has 21 heavy (non-hydrogen) atoms. The predicted octanol–water partition coefficient (Wildman–Crippen LogP) is 3.50. The SMILES string of the molecule is CCCC(OCC)c1noc(C2CNc3ccccc32)n1. The average Bonchev–Trinajstić information content (AvgIpc) is 3.13. The van der Waals surface area contributed by atoms with E-state index in [9.17, 15) is 0 Å². The van der Waals surface area contributed by atoms with Crippen molar-refractivity contribution in [1.82, 2.24) is 10.1 Å². The number of nitrogens with zero attached hydrogens (tertiary/aromatic N) is 2. The van der Waals surface area contributed by atoms with Crippen molar-refractivity contribution in [2.45, 2.75) is 38.7 Å². The Kier molecular flexibility index (Phi) is 4.20. The van der Waals surface area contributed by atoms with E-state index in [-0.39, 0.29) is 12.0 Å². The van der Waals surface area contributed by atoms with E-state index >= 15 is 0 Å². The maximum absolute atomic E-state index is 5.71. The highest BCUT2D eigenvalue weighted by Crippen LogP contribution is 2.35. The molecule has 0 fully saturated rings. The lowest BCUT2D eigenvalue weighted by molar-refractivity contribution is 0.0477. The van der Waals surface area contributed by atoms with Crippen molar-refractivity contribution >= 4 is 5.69 Å². The molecule has 2 unspecified atom stereocenters. The molecule has 112 valence electrons. The Morgan fingerprint density at radius 1 is 1.38 bits per heavy atom. The molecule has 1 aromatic carbocycles. The molecule has 1 N–H and O–H groups in total. The summed E-state index contributed by atoms with van der Waals surface area (Å²) in [6, 6.07) is 8.25. The summed E-state index contributed by atoms with van der Waals surface area (Å²) in [7, 11) is 0. The summed E-state index contributed by atoms with van der Waals surface area (Å²) in [5.41, 5.74) is 2.37. The van der Waals surface area contributed by atoms with Crippen LogP contribution in [0, 0.1) is 0 Å². The molecule has 2 heterocycles. The largest absolute Gasteiger partial charge is 0.384 e. The quantitative estimate of drug-likeness (QED) is 0.881. The lowest BCUT2D eigenvalue weighted by atomic mass is 10.0. The molecule has 0 saturated carbocycles. The van der Waals surface area contributed by atoms with Crippen LogP contribution in [0.15, 0.2) is 28.8 Å². The van der Waals surface area contributed by atoms with Crippen LogP contribution in [0.4, 0.5) is 5.69 Å². The summed E-state index contributed by atoms with van der Waals surface area (Å²) in [6.07, 6.45) is 1.87. The van der Waals surface area contributed by atoms with Gasteiger partial charge in [0.25, 0.3) is 0 Å². The minimum absolute atomic E-state index is 0.0675. The van der Waals surface area contributed by atoms with Gasteiger partial charge in [-0.25, -0.2) is 0 Å². The summed E-state index contributed by atoms with van der Waals surface area (Å²) >= 11 is 0. The van der Waals surface area contributed by atoms with Gasteiger partial charge >= 0.3 is 0 Å². The van der Waals surface area contributed by atoms with Crippen molar-refractivity contribution in [3.63, 3.8) is 0 Å². The highest BCUT2D eigenvalue weighted by molar-refractivity contribution is 5.59. The van der Waals surface area contributed by atoms with Crippen LogP contribution in [0.1, 0.15) is 56.0 Å². The van der Waals surface area contributed by atoms with E-state index in [0.717, 1.165) is 25.1 Å². The van der Waals surface area contributed by atoms with Crippen molar-refractivity contribution in [2.75, 3.05) is 18.5 Å². The summed E-state index contributed by atoms with van der Waals surface area (Å²) < 4.78 is 11.2. The number of fused-ring (bicyclic) bond motifs is 1. The third-order valence-electron chi connectivity index (χ3n) is 3.80. The van der Waals surface area contributed by atoms with Crippen LogP contribution in [0.3, 0.4) is 0 Å². The Bertz CT molecular complexity index is 591. The fourth-order valence-corrected chi connectivity index (χ4v) is 2.77. The molecule has 3 rings (SSSR count). The lowest BCUT2D eigenvalue weighted by Gasteiger charge is -2.11. The van der Waals surface area contributed by atoms with E-state index in [4.69, 9.17) is 9.26 Å². The van der Waals surface area contributed by atoms with E-state index in [0.29, 0.717) is 18.3 Å². The topological polar surface area (TPSA) is 60.2 Å². The maximum Gasteiger partial charge on any atom is 0.236 e. The van der Waals surface area contributed by atoms with Crippen molar-refractivity contribution in [2.24, 2.45) is 0 Å². The van der Waals surface area contributed by atoms with Gasteiger partial charge in [-0.3, -0.25) is 0 Å². The van der Waals surface area contributed by atoms with Crippen LogP contribution in [0.25, 0.3) is 0 Å². The van der Waals surface area contributed by atoms with Gasteiger partial charge in [0, 0.05) is 18.8 Å². The molecular weight excluding hydrogens is 266 g/mol. The minimum Gasteiger partial charge on any atom is -0.384 e. The highest BCUT2D eigenvalue weighted by Gasteiger charge is 2.29. The second kappa shape index (κ2) is 6.26. The number of hydrogen-bond acceptors (Lipinski definition) is 5. The summed E-state index contributed by atoms with van der Waals surface area (Å²) in [5.74, 6) is 1.47. The molecule has 2 aromatic rings. The Labute approximate surface area is 124 Å². The fourth-order valence-electron chi connectivity index (χ4n) is 2.77. The number of benzene rings is 1. The Morgan fingerprint density at radius 3 is 3.05 bits per heavy atom. The van der Waals surface area contributed by atoms with Gasteiger partial charge in [-0.15, -0.1) is 0 Å². The zero-order chi connectivity index (χ0) is 14.7. The van der Waals surface area contributed by atoms with E-state index in [2.05, 4.69) is 34.5 Å². The predicted molar refractivity (Wildman–Crippen MR) is 80.3 cm³/mol. The zero-order valence-corrected chi connectivity index (χ0v) is 12.5. The molecule has 0 spiro atoms. The Hall–Kier alpha value is -1.88. The second-order valence-corrected chi connectivity index (χ2v) is 5.24. The number of aromatic nitrogens is 2. The first-order valence-electron chi connectivity index (χ1n) is 7.61. The van der Waals surface area contributed by atoms with E-state index < -0.39 is 0 Å². The lowest BCUT2D eigenvalue weighted by Crippen LogP contribution is -2.08. The molecule has 0 aliphatic carbocycles. The van der Waals surface area contributed by atoms with Gasteiger partial charge in [0.2, 0.25) is 11.7 Å². The highest BCUT2D eigenvalue weighted by atomic mass is 16.5. The molecule has 1 aliphatic rings. The second-order valence-electron chi connectivity index (χ2n) is 5.24. The van der Waals surface area contributed by atoms with Crippen molar-refractivity contribution < 1.29 is 9.26 Å². The van der Waals surface area contributed by atoms with Crippen LogP contribution in [-0.4, -0.2) is 23.3 Å². The molecule has 1 aromatic heterocycles. The molecule has 5 nitrogen and oxygen atoms in total. The molecular formula is C16H21N3O2. The summed E-state index contributed by atoms with van der Waals surface area (Å²) in [4.78, 5) is 4.59. The zero-order valence-electron chi connectivity index (χ0n) is 12.5. The summed E-state index contributed by atoms with van der Waals surface area (Å²) in [5, 5.41) is 7.51. The number of anilines is 1. The monoisotopic (exact) mass is 287 g/mol. The van der Waals surface area contributed by atoms with Gasteiger partial charge in [0.05, 0.1) is 5.92 Å². The number of nitrogens with one attached hydrogen (secondary N) is 1. The fraction of sp³-hybridized carbons (Fsp3) is 0.500. The Balaban J connectivity index is 1.82. The van der Waals surface area contributed by atoms with Gasteiger partial charge in [-0.2, -0.15) is 4.98 Å². The number of ether oxygens (including phenoxy) is 1. The molecule has 1 aliphatic heterocycles. The van der Waals surface area contributed by atoms with Crippen molar-refractivity contribution in [3.8, 4) is 0 Å². The van der Waals surface area contributed by atoms with E-state index in [1.165, 1.54) is 5.56 Å². The van der Waals surface area contributed by atoms with Gasteiger partial charge < -0.3 is 14.6 Å². The molecule has 5 heteroatoms. The van der Waals surface area contributed by atoms with Crippen LogP contribution in [-0.2, 0) is 4.74 Å². The van der Waals surface area contributed by atoms with Gasteiger partial charge in [-0.05, 0) is 25.0 Å². The van der Waals surface area contributed by atoms with E-state index in [1.54, 1.807) is 0 Å². The molecule has 2 atom stereocenters. The first-order valence-corrected chi connectivity index (χ1v) is 7.61. The van der Waals surface area contributed by atoms with Crippen molar-refractivity contribution in [1.29, 1.82) is 0 Å². The number of para-hydroxylation sites is 1. The minimum atomic E-state index is -0.0675. The normalized spacial score (nSPS) is 18.3. The van der Waals surface area contributed by atoms with Crippen LogP contribution in [0.5, 0.6) is 0 Å². The van der Waals surface area contributed by atoms with Crippen LogP contribution >= 0.6 is 0 Å². The first-order chi connectivity index (χ1) is 10.3. The van der Waals surface area contributed by atoms with Gasteiger partial charge in [-0.1, -0.05) is 36.7 Å². The third-order valence-corrected chi connectivity index (χ3v) is 3.80. The molecule has 0 saturated heterocycles. The number of rotatable bonds is 6. The molecule has 0 radical (unpaired) electrons. The van der Waals surface area contributed by atoms with Gasteiger partial charge in [0.1, 0.15) is 6.10 Å². The van der Waals surface area contributed by atoms with Crippen LogP contribution in [0.2, 0.25) is 0 Å². The van der Waals surface area contributed by atoms with E-state index in [1.807, 2.05) is 19.1 Å². The standard InChI is InChI=1S/C16H21N3O2/c1-3-7-14(20-4-2)15-18-16(21-19-15)12-10-17-13-9-6-5-8-11(12)13/h5-6,8-9,12,14,17H,3-4,7,10H2,1-2H3. The average molecular weight is 287 g/mol. The molecule has 0 amide bonds. The third kappa shape index (κ3) is 2.78.